The van der Waals surface area contributed by atoms with E-state index in [2.05, 4.69) is 9.88 Å². The minimum Gasteiger partial charge on any atom is -0.366 e. The molecule has 1 aromatic heterocycles. The van der Waals surface area contributed by atoms with Crippen LogP contribution in [0.5, 0.6) is 0 Å². The smallest absolute Gasteiger partial charge is 0.248 e. The maximum absolute atomic E-state index is 14.2. The van der Waals surface area contributed by atoms with Gasteiger partial charge < -0.3 is 10.6 Å². The molecular weight excluding hydrogens is 405 g/mol. The Bertz CT molecular complexity index is 1100. The maximum atomic E-state index is 14.2. The summed E-state index contributed by atoms with van der Waals surface area (Å²) in [5.41, 5.74) is 9.45. The molecule has 166 valence electrons. The number of nitrogens with two attached hydrogens (primary N) is 1. The molecule has 2 heterocycles. The lowest BCUT2D eigenvalue weighted by Gasteiger charge is -2.33. The van der Waals surface area contributed by atoms with Gasteiger partial charge in [-0.05, 0) is 43.1 Å². The second kappa shape index (κ2) is 9.44. The molecule has 1 aliphatic rings. The van der Waals surface area contributed by atoms with Crippen molar-refractivity contribution in [3.05, 3.63) is 77.4 Å². The van der Waals surface area contributed by atoms with Gasteiger partial charge >= 0.3 is 0 Å². The Balaban J connectivity index is 1.65. The number of benzene rings is 2. The summed E-state index contributed by atoms with van der Waals surface area (Å²) in [4.78, 5) is 25.1. The molecular formula is C25H28FN5O. The normalized spacial score (nSPS) is 16.7. The van der Waals surface area contributed by atoms with Gasteiger partial charge in [-0.3, -0.25) is 9.69 Å². The summed E-state index contributed by atoms with van der Waals surface area (Å²) in [5.74, 6) is 0.237. The highest BCUT2D eigenvalue weighted by Gasteiger charge is 2.26. The second-order valence-electron chi connectivity index (χ2n) is 8.47. The third-order valence-corrected chi connectivity index (χ3v) is 5.93. The van der Waals surface area contributed by atoms with E-state index in [0.29, 0.717) is 23.6 Å². The summed E-state index contributed by atoms with van der Waals surface area (Å²) in [6.45, 7) is 2.31. The first kappa shape index (κ1) is 21.9. The number of hydrogen-bond acceptors (Lipinski definition) is 5. The van der Waals surface area contributed by atoms with Crippen molar-refractivity contribution < 1.29 is 9.18 Å². The van der Waals surface area contributed by atoms with Crippen molar-refractivity contribution in [1.29, 1.82) is 0 Å². The number of carbonyl (C=O) groups excluding carboxylic acids is 1. The molecule has 1 saturated heterocycles. The molecule has 1 fully saturated rings. The van der Waals surface area contributed by atoms with E-state index >= 15 is 0 Å². The number of aromatic nitrogens is 2. The Morgan fingerprint density at radius 1 is 1.19 bits per heavy atom. The highest BCUT2D eigenvalue weighted by Crippen LogP contribution is 2.34. The van der Waals surface area contributed by atoms with Crippen LogP contribution in [0.2, 0.25) is 0 Å². The van der Waals surface area contributed by atoms with Gasteiger partial charge in [-0.1, -0.05) is 30.3 Å². The van der Waals surface area contributed by atoms with Crippen molar-refractivity contribution in [2.45, 2.75) is 25.3 Å². The molecule has 0 aliphatic carbocycles. The fourth-order valence-electron chi connectivity index (χ4n) is 4.24. The largest absolute Gasteiger partial charge is 0.366 e. The van der Waals surface area contributed by atoms with Crippen molar-refractivity contribution in [2.24, 2.45) is 5.73 Å². The van der Waals surface area contributed by atoms with E-state index in [-0.39, 0.29) is 11.7 Å². The third-order valence-electron chi connectivity index (χ3n) is 5.93. The van der Waals surface area contributed by atoms with Gasteiger partial charge in [0.05, 0.1) is 5.69 Å². The van der Waals surface area contributed by atoms with E-state index in [1.54, 1.807) is 18.2 Å². The Labute approximate surface area is 187 Å². The highest BCUT2D eigenvalue weighted by molar-refractivity contribution is 5.93. The zero-order valence-corrected chi connectivity index (χ0v) is 18.5. The predicted molar refractivity (Wildman–Crippen MR) is 124 cm³/mol. The Kier molecular flexibility index (Phi) is 6.46. The van der Waals surface area contributed by atoms with E-state index in [1.807, 2.05) is 49.5 Å². The van der Waals surface area contributed by atoms with Crippen molar-refractivity contribution in [2.75, 3.05) is 32.1 Å². The zero-order chi connectivity index (χ0) is 22.7. The number of amides is 1. The summed E-state index contributed by atoms with van der Waals surface area (Å²) in [5, 5.41) is 0. The fraction of sp³-hybridized carbons (Fsp3) is 0.320. The van der Waals surface area contributed by atoms with E-state index in [0.717, 1.165) is 42.8 Å². The molecule has 0 radical (unpaired) electrons. The lowest BCUT2D eigenvalue weighted by molar-refractivity contribution is 0.100. The number of halogens is 1. The first-order valence-corrected chi connectivity index (χ1v) is 10.8. The van der Waals surface area contributed by atoms with E-state index in [9.17, 15) is 9.18 Å². The number of piperidine rings is 1. The Morgan fingerprint density at radius 3 is 2.62 bits per heavy atom. The van der Waals surface area contributed by atoms with Crippen LogP contribution in [0, 0.1) is 5.82 Å². The van der Waals surface area contributed by atoms with Crippen LogP contribution in [-0.4, -0.2) is 48.0 Å². The van der Waals surface area contributed by atoms with Gasteiger partial charge in [-0.25, -0.2) is 14.4 Å². The van der Waals surface area contributed by atoms with Gasteiger partial charge in [0.2, 0.25) is 11.9 Å². The lowest BCUT2D eigenvalue weighted by atomic mass is 9.89. The van der Waals surface area contributed by atoms with Crippen LogP contribution in [0.4, 0.5) is 10.3 Å². The summed E-state index contributed by atoms with van der Waals surface area (Å²) in [6.07, 6.45) is 3.87. The minimum atomic E-state index is -0.452. The highest BCUT2D eigenvalue weighted by atomic mass is 19.1. The fourth-order valence-corrected chi connectivity index (χ4v) is 4.24. The monoisotopic (exact) mass is 433 g/mol. The van der Waals surface area contributed by atoms with Crippen molar-refractivity contribution >= 4 is 11.9 Å². The SMILES string of the molecule is CN(C)c1ncc(-c2ccc(C(N)=O)cc2)c(C2CCCN(Cc3ccccc3F)C2)n1. The Hall–Kier alpha value is -3.32. The molecule has 4 rings (SSSR count). The average molecular weight is 434 g/mol. The molecule has 0 bridgehead atoms. The quantitative estimate of drug-likeness (QED) is 0.640. The topological polar surface area (TPSA) is 75.4 Å². The van der Waals surface area contributed by atoms with Crippen LogP contribution in [0.1, 0.15) is 40.4 Å². The lowest BCUT2D eigenvalue weighted by Crippen LogP contribution is -2.34. The first-order chi connectivity index (χ1) is 15.4. The van der Waals surface area contributed by atoms with E-state index in [4.69, 9.17) is 10.7 Å². The van der Waals surface area contributed by atoms with E-state index < -0.39 is 5.91 Å². The number of nitrogens with zero attached hydrogens (tertiary/aromatic N) is 4. The summed E-state index contributed by atoms with van der Waals surface area (Å²) in [6, 6.07) is 14.2. The molecule has 0 spiro atoms. The van der Waals surface area contributed by atoms with Crippen LogP contribution in [0.3, 0.4) is 0 Å². The third kappa shape index (κ3) is 4.78. The summed E-state index contributed by atoms with van der Waals surface area (Å²) in [7, 11) is 3.84. The van der Waals surface area contributed by atoms with Gasteiger partial charge in [-0.2, -0.15) is 0 Å². The standard InChI is InChI=1S/C25H28FN5O/c1-30(2)25-28-14-21(17-9-11-18(12-10-17)24(27)32)23(29-25)20-7-5-13-31(16-20)15-19-6-3-4-8-22(19)26/h3-4,6,8-12,14,20H,5,7,13,15-16H2,1-2H3,(H2,27,32). The first-order valence-electron chi connectivity index (χ1n) is 10.8. The molecule has 2 N–H and O–H groups in total. The molecule has 1 unspecified atom stereocenters. The molecule has 1 amide bonds. The van der Waals surface area contributed by atoms with Gasteiger partial charge in [0.1, 0.15) is 5.82 Å². The van der Waals surface area contributed by atoms with Crippen LogP contribution < -0.4 is 10.6 Å². The molecule has 32 heavy (non-hydrogen) atoms. The number of carbonyl (C=O) groups is 1. The molecule has 1 aliphatic heterocycles. The van der Waals surface area contributed by atoms with Crippen molar-refractivity contribution in [1.82, 2.24) is 14.9 Å². The van der Waals surface area contributed by atoms with Crippen LogP contribution in [-0.2, 0) is 6.54 Å². The Morgan fingerprint density at radius 2 is 1.94 bits per heavy atom. The van der Waals surface area contributed by atoms with E-state index in [1.165, 1.54) is 6.07 Å². The summed E-state index contributed by atoms with van der Waals surface area (Å²) >= 11 is 0. The number of hydrogen-bond donors (Lipinski definition) is 1. The van der Waals surface area contributed by atoms with Gasteiger partial charge in [0.15, 0.2) is 0 Å². The van der Waals surface area contributed by atoms with Crippen LogP contribution in [0.15, 0.2) is 54.7 Å². The van der Waals surface area contributed by atoms with Gasteiger partial charge in [-0.15, -0.1) is 0 Å². The average Bonchev–Trinajstić information content (AvgIpc) is 2.80. The minimum absolute atomic E-state index is 0.165. The number of primary amides is 1. The molecule has 2 aromatic carbocycles. The molecule has 7 heteroatoms. The molecule has 3 aromatic rings. The number of rotatable bonds is 6. The second-order valence-corrected chi connectivity index (χ2v) is 8.47. The molecule has 6 nitrogen and oxygen atoms in total. The molecule has 0 saturated carbocycles. The molecule has 1 atom stereocenters. The summed E-state index contributed by atoms with van der Waals surface area (Å²) < 4.78 is 14.2. The van der Waals surface area contributed by atoms with Crippen molar-refractivity contribution in [3.63, 3.8) is 0 Å². The zero-order valence-electron chi connectivity index (χ0n) is 18.5. The predicted octanol–water partition coefficient (Wildman–Crippen LogP) is 3.83. The van der Waals surface area contributed by atoms with Crippen LogP contribution in [0.25, 0.3) is 11.1 Å². The van der Waals surface area contributed by atoms with Gasteiger partial charge in [0, 0.05) is 56.0 Å². The van der Waals surface area contributed by atoms with Crippen molar-refractivity contribution in [3.8, 4) is 11.1 Å². The maximum Gasteiger partial charge on any atom is 0.248 e. The van der Waals surface area contributed by atoms with Crippen LogP contribution >= 0.6 is 0 Å². The number of likely N-dealkylation sites (tertiary alicyclic amines) is 1. The number of anilines is 1. The van der Waals surface area contributed by atoms with Gasteiger partial charge in [0.25, 0.3) is 0 Å².